The number of carbonyl (C=O) groups excluding carboxylic acids is 1. The lowest BCUT2D eigenvalue weighted by atomic mass is 10.1. The van der Waals surface area contributed by atoms with Gasteiger partial charge in [-0.2, -0.15) is 0 Å². The van der Waals surface area contributed by atoms with Crippen molar-refractivity contribution < 1.29 is 17.9 Å². The molecule has 0 aromatic heterocycles. The monoisotopic (exact) mass is 348 g/mol. The Morgan fingerprint density at radius 1 is 1.32 bits per heavy atom. The van der Waals surface area contributed by atoms with Crippen molar-refractivity contribution in [3.05, 3.63) is 11.5 Å². The van der Waals surface area contributed by atoms with Crippen molar-refractivity contribution >= 4 is 24.0 Å². The lowest BCUT2D eigenvalue weighted by molar-refractivity contribution is 0.0998. The van der Waals surface area contributed by atoms with E-state index in [1.165, 1.54) is 11.5 Å². The van der Waals surface area contributed by atoms with Gasteiger partial charge in [0.1, 0.15) is 0 Å². The third-order valence-electron chi connectivity index (χ3n) is 3.66. The quantitative estimate of drug-likeness (QED) is 0.739. The van der Waals surface area contributed by atoms with E-state index in [1.807, 2.05) is 0 Å². The van der Waals surface area contributed by atoms with Crippen LogP contribution < -0.4 is 5.73 Å². The predicted molar refractivity (Wildman–Crippen MR) is 91.2 cm³/mol. The van der Waals surface area contributed by atoms with Gasteiger partial charge in [-0.15, -0.1) is 0 Å². The van der Waals surface area contributed by atoms with E-state index in [4.69, 9.17) is 10.5 Å². The Morgan fingerprint density at radius 2 is 1.91 bits per heavy atom. The molecule has 1 fully saturated rings. The lowest BCUT2D eigenvalue weighted by Gasteiger charge is -2.30. The Balaban J connectivity index is 2.42. The first kappa shape index (κ1) is 19.2. The van der Waals surface area contributed by atoms with Crippen molar-refractivity contribution in [1.29, 1.82) is 0 Å². The van der Waals surface area contributed by atoms with Crippen LogP contribution >= 0.6 is 0 Å². The van der Waals surface area contributed by atoms with Crippen LogP contribution in [-0.4, -0.2) is 59.0 Å². The summed E-state index contributed by atoms with van der Waals surface area (Å²) in [5.41, 5.74) is 5.29. The molecule has 2 N–H and O–H groups in total. The first-order valence-corrected chi connectivity index (χ1v) is 13.0. The molecule has 0 aliphatic carbocycles. The van der Waals surface area contributed by atoms with Crippen molar-refractivity contribution in [3.63, 3.8) is 0 Å². The Kier molecular flexibility index (Phi) is 7.08. The Morgan fingerprint density at radius 3 is 2.41 bits per heavy atom. The molecule has 1 saturated heterocycles. The van der Waals surface area contributed by atoms with Crippen LogP contribution in [0.5, 0.6) is 0 Å². The van der Waals surface area contributed by atoms with Crippen molar-refractivity contribution in [2.45, 2.75) is 43.8 Å². The number of hydrogen-bond acceptors (Lipinski definition) is 5. The minimum Gasteiger partial charge on any atom is -0.450 e. The highest BCUT2D eigenvalue weighted by molar-refractivity contribution is 7.94. The number of rotatable bonds is 6. The van der Waals surface area contributed by atoms with E-state index < -0.39 is 23.2 Å². The zero-order valence-corrected chi connectivity index (χ0v) is 15.6. The Bertz CT molecular complexity index is 491. The van der Waals surface area contributed by atoms with Crippen molar-refractivity contribution in [2.75, 3.05) is 26.2 Å². The van der Waals surface area contributed by atoms with Gasteiger partial charge in [-0.05, 0) is 18.9 Å². The standard InChI is InChI=1S/C14H28N2O4SSi/c1-22(2,3)12-10-20-14(17)16-8-5-13(6-9-16)21(18,19)11-4-7-15/h4,11,13H,5-10,12,15H2,1-3H3/b11-4+. The molecule has 1 heterocycles. The molecule has 0 spiro atoms. The maximum absolute atomic E-state index is 12.0. The molecule has 0 aromatic carbocycles. The molecule has 1 aliphatic heterocycles. The fourth-order valence-corrected chi connectivity index (χ4v) is 4.39. The van der Waals surface area contributed by atoms with Crippen LogP contribution in [0.4, 0.5) is 4.79 Å². The number of likely N-dealkylation sites (tertiary alicyclic amines) is 1. The summed E-state index contributed by atoms with van der Waals surface area (Å²) in [5, 5.41) is 0.765. The second-order valence-electron chi connectivity index (χ2n) is 6.81. The lowest BCUT2D eigenvalue weighted by Crippen LogP contribution is -2.42. The summed E-state index contributed by atoms with van der Waals surface area (Å²) in [6, 6.07) is 0.938. The molecule has 0 unspecified atom stereocenters. The molecule has 0 aromatic rings. The molecule has 0 atom stereocenters. The molecule has 6 nitrogen and oxygen atoms in total. The van der Waals surface area contributed by atoms with E-state index in [9.17, 15) is 13.2 Å². The van der Waals surface area contributed by atoms with E-state index >= 15 is 0 Å². The van der Waals surface area contributed by atoms with Gasteiger partial charge in [0.25, 0.3) is 0 Å². The number of sulfone groups is 1. The first-order chi connectivity index (χ1) is 10.2. The average Bonchev–Trinajstić information content (AvgIpc) is 2.44. The van der Waals surface area contributed by atoms with Crippen molar-refractivity contribution in [3.8, 4) is 0 Å². The van der Waals surface area contributed by atoms with Crippen LogP contribution in [0.2, 0.25) is 25.7 Å². The summed E-state index contributed by atoms with van der Waals surface area (Å²) < 4.78 is 29.3. The fraction of sp³-hybridized carbons (Fsp3) is 0.786. The highest BCUT2D eigenvalue weighted by atomic mass is 32.2. The van der Waals surface area contributed by atoms with Gasteiger partial charge in [-0.1, -0.05) is 25.7 Å². The Hall–Kier alpha value is -0.863. The SMILES string of the molecule is C[Si](C)(C)CCOC(=O)N1CCC(S(=O)(=O)/C=C/CN)CC1. The molecule has 0 bridgehead atoms. The van der Waals surface area contributed by atoms with E-state index in [-0.39, 0.29) is 12.6 Å². The summed E-state index contributed by atoms with van der Waals surface area (Å²) in [7, 11) is -4.48. The van der Waals surface area contributed by atoms with Gasteiger partial charge < -0.3 is 15.4 Å². The molecule has 0 saturated carbocycles. The highest BCUT2D eigenvalue weighted by Gasteiger charge is 2.30. The van der Waals surface area contributed by atoms with Gasteiger partial charge in [0.2, 0.25) is 0 Å². The van der Waals surface area contributed by atoms with Crippen LogP contribution in [-0.2, 0) is 14.6 Å². The minimum atomic E-state index is -3.26. The summed E-state index contributed by atoms with van der Waals surface area (Å²) in [6.45, 7) is 8.19. The molecule has 0 radical (unpaired) electrons. The molecule has 1 rings (SSSR count). The van der Waals surface area contributed by atoms with Crippen molar-refractivity contribution in [1.82, 2.24) is 4.90 Å². The average molecular weight is 349 g/mol. The number of hydrogen-bond donors (Lipinski definition) is 1. The summed E-state index contributed by atoms with van der Waals surface area (Å²) in [5.74, 6) is 0. The normalized spacial score (nSPS) is 17.9. The molecule has 8 heteroatoms. The molecule has 22 heavy (non-hydrogen) atoms. The van der Waals surface area contributed by atoms with Gasteiger partial charge in [0.15, 0.2) is 9.84 Å². The molecule has 128 valence electrons. The van der Waals surface area contributed by atoms with Gasteiger partial charge >= 0.3 is 6.09 Å². The summed E-state index contributed by atoms with van der Waals surface area (Å²) in [4.78, 5) is 13.6. The third-order valence-corrected chi connectivity index (χ3v) is 7.34. The molecule has 1 amide bonds. The van der Waals surface area contributed by atoms with E-state index in [1.54, 1.807) is 4.90 Å². The zero-order chi connectivity index (χ0) is 16.8. The van der Waals surface area contributed by atoms with Gasteiger partial charge in [0, 0.05) is 33.1 Å². The molecular weight excluding hydrogens is 320 g/mol. The predicted octanol–water partition coefficient (Wildman–Crippen LogP) is 1.81. The number of ether oxygens (including phenoxy) is 1. The third kappa shape index (κ3) is 6.49. The Labute approximate surface area is 134 Å². The van der Waals surface area contributed by atoms with Crippen LogP contribution in [0.1, 0.15) is 12.8 Å². The second kappa shape index (κ2) is 8.12. The smallest absolute Gasteiger partial charge is 0.409 e. The van der Waals surface area contributed by atoms with Crippen LogP contribution in [0.25, 0.3) is 0 Å². The topological polar surface area (TPSA) is 89.7 Å². The number of piperidine rings is 1. The van der Waals surface area contributed by atoms with Crippen LogP contribution in [0.3, 0.4) is 0 Å². The number of amides is 1. The maximum Gasteiger partial charge on any atom is 0.409 e. The highest BCUT2D eigenvalue weighted by Crippen LogP contribution is 2.20. The van der Waals surface area contributed by atoms with Crippen molar-refractivity contribution in [2.24, 2.45) is 5.73 Å². The minimum absolute atomic E-state index is 0.210. The van der Waals surface area contributed by atoms with Crippen LogP contribution in [0, 0.1) is 0 Å². The zero-order valence-electron chi connectivity index (χ0n) is 13.7. The maximum atomic E-state index is 12.0. The van der Waals surface area contributed by atoms with Gasteiger partial charge in [-0.3, -0.25) is 0 Å². The van der Waals surface area contributed by atoms with E-state index in [0.717, 1.165) is 6.04 Å². The fourth-order valence-electron chi connectivity index (χ4n) is 2.20. The second-order valence-corrected chi connectivity index (χ2v) is 14.5. The van der Waals surface area contributed by atoms with Crippen LogP contribution in [0.15, 0.2) is 11.5 Å². The number of nitrogens with two attached hydrogens (primary N) is 1. The largest absolute Gasteiger partial charge is 0.450 e. The first-order valence-electron chi connectivity index (χ1n) is 7.68. The molecular formula is C14H28N2O4SSi. The molecule has 1 aliphatic rings. The number of nitrogens with zero attached hydrogens (tertiary/aromatic N) is 1. The number of carbonyl (C=O) groups is 1. The van der Waals surface area contributed by atoms with Gasteiger partial charge in [-0.25, -0.2) is 13.2 Å². The summed E-state index contributed by atoms with van der Waals surface area (Å²) >= 11 is 0. The summed E-state index contributed by atoms with van der Waals surface area (Å²) in [6.07, 6.45) is 2.01. The van der Waals surface area contributed by atoms with E-state index in [0.29, 0.717) is 32.5 Å². The van der Waals surface area contributed by atoms with Gasteiger partial charge in [0.05, 0.1) is 11.9 Å². The van der Waals surface area contributed by atoms with E-state index in [2.05, 4.69) is 19.6 Å².